The van der Waals surface area contributed by atoms with Crippen LogP contribution in [0.1, 0.15) is 55.2 Å². The van der Waals surface area contributed by atoms with Gasteiger partial charge in [-0.3, -0.25) is 4.79 Å². The number of allylic oxidation sites excluding steroid dienone is 1. The molecule has 0 unspecified atom stereocenters. The number of carbonyl (C=O) groups excluding carboxylic acids is 1. The Kier molecular flexibility index (Phi) is 9.13. The molecule has 3 aromatic rings. The summed E-state index contributed by atoms with van der Waals surface area (Å²) in [5, 5.41) is 9.06. The van der Waals surface area contributed by atoms with Gasteiger partial charge in [0.1, 0.15) is 12.4 Å². The molecular formula is C31H35NO3. The van der Waals surface area contributed by atoms with E-state index in [1.54, 1.807) is 0 Å². The number of aliphatic hydroxyl groups is 1. The van der Waals surface area contributed by atoms with Gasteiger partial charge in [-0.2, -0.15) is 0 Å². The largest absolute Gasteiger partial charge is 0.491 e. The van der Waals surface area contributed by atoms with Gasteiger partial charge < -0.3 is 14.7 Å². The van der Waals surface area contributed by atoms with E-state index in [2.05, 4.69) is 60.7 Å². The van der Waals surface area contributed by atoms with E-state index in [1.165, 1.54) is 23.1 Å². The number of likely N-dealkylation sites (tertiary alicyclic amines) is 1. The Labute approximate surface area is 208 Å². The van der Waals surface area contributed by atoms with Crippen LogP contribution < -0.4 is 4.74 Å². The van der Waals surface area contributed by atoms with Gasteiger partial charge in [0.2, 0.25) is 5.91 Å². The number of rotatable bonds is 10. The summed E-state index contributed by atoms with van der Waals surface area (Å²) < 4.78 is 5.58. The predicted molar refractivity (Wildman–Crippen MR) is 142 cm³/mol. The molecule has 4 heteroatoms. The van der Waals surface area contributed by atoms with Gasteiger partial charge in [-0.15, -0.1) is 0 Å². The number of hydrogen-bond acceptors (Lipinski definition) is 3. The Morgan fingerprint density at radius 3 is 1.97 bits per heavy atom. The van der Waals surface area contributed by atoms with Crippen molar-refractivity contribution in [2.24, 2.45) is 0 Å². The molecule has 0 radical (unpaired) electrons. The molecule has 4 rings (SSSR count). The summed E-state index contributed by atoms with van der Waals surface area (Å²) in [4.78, 5) is 14.9. The average Bonchev–Trinajstić information content (AvgIpc) is 2.93. The van der Waals surface area contributed by atoms with Gasteiger partial charge >= 0.3 is 0 Å². The average molecular weight is 470 g/mol. The third kappa shape index (κ3) is 6.83. The van der Waals surface area contributed by atoms with Gasteiger partial charge in [-0.25, -0.2) is 0 Å². The first kappa shape index (κ1) is 24.7. The number of aliphatic hydroxyl groups excluding tert-OH is 1. The maximum atomic E-state index is 12.8. The summed E-state index contributed by atoms with van der Waals surface area (Å²) in [7, 11) is 0. The van der Waals surface area contributed by atoms with Crippen LogP contribution in [0.2, 0.25) is 0 Å². The molecule has 0 spiro atoms. The molecule has 3 aromatic carbocycles. The standard InChI is InChI=1S/C31H35NO3/c33-23-24-35-28-19-17-27(18-20-28)31(26-13-6-2-7-14-26)29(25-11-4-1-5-12-25)15-10-16-30(34)32-21-8-3-9-22-32/h1-2,4-7,11-14,17-20,33H,3,8-10,15-16,21-24H2/b31-29-. The van der Waals surface area contributed by atoms with E-state index in [-0.39, 0.29) is 19.1 Å². The lowest BCUT2D eigenvalue weighted by atomic mass is 9.87. The lowest BCUT2D eigenvalue weighted by Gasteiger charge is -2.27. The van der Waals surface area contributed by atoms with Crippen LogP contribution in [-0.2, 0) is 4.79 Å². The second-order valence-corrected chi connectivity index (χ2v) is 8.98. The van der Waals surface area contributed by atoms with Gasteiger partial charge in [-0.05, 0) is 72.1 Å². The van der Waals surface area contributed by atoms with Crippen LogP contribution in [-0.4, -0.2) is 42.2 Å². The third-order valence-electron chi connectivity index (χ3n) is 6.52. The molecule has 1 N–H and O–H groups in total. The number of piperidine rings is 1. The summed E-state index contributed by atoms with van der Waals surface area (Å²) in [6.45, 7) is 2.08. The summed E-state index contributed by atoms with van der Waals surface area (Å²) in [5.74, 6) is 1.02. The molecule has 0 atom stereocenters. The fourth-order valence-electron chi connectivity index (χ4n) is 4.77. The molecule has 1 aliphatic rings. The molecule has 4 nitrogen and oxygen atoms in total. The Morgan fingerprint density at radius 1 is 0.743 bits per heavy atom. The monoisotopic (exact) mass is 469 g/mol. The van der Waals surface area contributed by atoms with E-state index >= 15 is 0 Å². The van der Waals surface area contributed by atoms with Crippen molar-refractivity contribution in [3.63, 3.8) is 0 Å². The molecule has 0 aromatic heterocycles. The zero-order valence-electron chi connectivity index (χ0n) is 20.4. The summed E-state index contributed by atoms with van der Waals surface area (Å²) in [6.07, 6.45) is 5.68. The highest BCUT2D eigenvalue weighted by Gasteiger charge is 2.18. The van der Waals surface area contributed by atoms with Crippen LogP contribution >= 0.6 is 0 Å². The van der Waals surface area contributed by atoms with Crippen LogP contribution in [0.25, 0.3) is 11.1 Å². The Bertz CT molecular complexity index is 1090. The van der Waals surface area contributed by atoms with Gasteiger partial charge in [0.25, 0.3) is 0 Å². The number of ether oxygens (including phenoxy) is 1. The van der Waals surface area contributed by atoms with E-state index in [9.17, 15) is 4.79 Å². The molecule has 182 valence electrons. The summed E-state index contributed by atoms with van der Waals surface area (Å²) in [5.41, 5.74) is 5.85. The Hall–Kier alpha value is -3.37. The van der Waals surface area contributed by atoms with Crippen molar-refractivity contribution in [1.82, 2.24) is 4.90 Å². The summed E-state index contributed by atoms with van der Waals surface area (Å²) in [6, 6.07) is 29.0. The minimum absolute atomic E-state index is 0.00871. The Morgan fingerprint density at radius 2 is 1.34 bits per heavy atom. The first-order valence-electron chi connectivity index (χ1n) is 12.7. The van der Waals surface area contributed by atoms with E-state index in [0.29, 0.717) is 6.42 Å². The fraction of sp³-hybridized carbons (Fsp3) is 0.323. The molecule has 1 heterocycles. The van der Waals surface area contributed by atoms with E-state index < -0.39 is 0 Å². The van der Waals surface area contributed by atoms with Crippen molar-refractivity contribution in [3.05, 3.63) is 102 Å². The lowest BCUT2D eigenvalue weighted by Crippen LogP contribution is -2.35. The van der Waals surface area contributed by atoms with Crippen molar-refractivity contribution in [2.45, 2.75) is 38.5 Å². The normalized spacial score (nSPS) is 14.4. The van der Waals surface area contributed by atoms with Gasteiger partial charge in [0.15, 0.2) is 0 Å². The van der Waals surface area contributed by atoms with Gasteiger partial charge in [0, 0.05) is 19.5 Å². The molecule has 35 heavy (non-hydrogen) atoms. The smallest absolute Gasteiger partial charge is 0.222 e. The van der Waals surface area contributed by atoms with Crippen molar-refractivity contribution in [3.8, 4) is 5.75 Å². The summed E-state index contributed by atoms with van der Waals surface area (Å²) >= 11 is 0. The molecule has 1 aliphatic heterocycles. The van der Waals surface area contributed by atoms with Crippen molar-refractivity contribution < 1.29 is 14.6 Å². The Balaban J connectivity index is 1.67. The second kappa shape index (κ2) is 12.9. The highest BCUT2D eigenvalue weighted by molar-refractivity contribution is 5.98. The van der Waals surface area contributed by atoms with Gasteiger partial charge in [-0.1, -0.05) is 72.8 Å². The van der Waals surface area contributed by atoms with Crippen molar-refractivity contribution >= 4 is 17.1 Å². The highest BCUT2D eigenvalue weighted by atomic mass is 16.5. The van der Waals surface area contributed by atoms with Crippen molar-refractivity contribution in [1.29, 1.82) is 0 Å². The lowest BCUT2D eigenvalue weighted by molar-refractivity contribution is -0.132. The molecular weight excluding hydrogens is 434 g/mol. The van der Waals surface area contributed by atoms with Crippen LogP contribution in [0.4, 0.5) is 0 Å². The van der Waals surface area contributed by atoms with Crippen LogP contribution in [0.5, 0.6) is 5.75 Å². The fourth-order valence-corrected chi connectivity index (χ4v) is 4.77. The zero-order chi connectivity index (χ0) is 24.3. The molecule has 1 fully saturated rings. The number of hydrogen-bond donors (Lipinski definition) is 1. The quantitative estimate of drug-likeness (QED) is 0.360. The number of benzene rings is 3. The van der Waals surface area contributed by atoms with E-state index in [1.807, 2.05) is 29.2 Å². The zero-order valence-corrected chi connectivity index (χ0v) is 20.4. The molecule has 0 bridgehead atoms. The maximum Gasteiger partial charge on any atom is 0.222 e. The number of nitrogens with zero attached hydrogens (tertiary/aromatic N) is 1. The second-order valence-electron chi connectivity index (χ2n) is 8.98. The topological polar surface area (TPSA) is 49.8 Å². The minimum atomic E-state index is -0.00871. The third-order valence-corrected chi connectivity index (χ3v) is 6.52. The number of carbonyl (C=O) groups is 1. The van der Waals surface area contributed by atoms with Crippen molar-refractivity contribution in [2.75, 3.05) is 26.3 Å². The van der Waals surface area contributed by atoms with E-state index in [4.69, 9.17) is 9.84 Å². The maximum absolute atomic E-state index is 12.8. The van der Waals surface area contributed by atoms with Crippen LogP contribution in [0, 0.1) is 0 Å². The first-order valence-corrected chi connectivity index (χ1v) is 12.7. The van der Waals surface area contributed by atoms with Gasteiger partial charge in [0.05, 0.1) is 6.61 Å². The SMILES string of the molecule is O=C(CCC/C(=C(\c1ccccc1)c1ccc(OCCO)cc1)c1ccccc1)N1CCCCC1. The first-order chi connectivity index (χ1) is 17.3. The predicted octanol–water partition coefficient (Wildman–Crippen LogP) is 6.20. The van der Waals surface area contributed by atoms with Crippen LogP contribution in [0.3, 0.4) is 0 Å². The van der Waals surface area contributed by atoms with E-state index in [0.717, 1.165) is 55.6 Å². The minimum Gasteiger partial charge on any atom is -0.491 e. The molecule has 1 saturated heterocycles. The molecule has 0 aliphatic carbocycles. The molecule has 1 amide bonds. The molecule has 0 saturated carbocycles. The number of amides is 1. The highest BCUT2D eigenvalue weighted by Crippen LogP contribution is 2.36. The van der Waals surface area contributed by atoms with Crippen LogP contribution in [0.15, 0.2) is 84.9 Å².